The third-order valence-electron chi connectivity index (χ3n) is 3.40. The Balaban J connectivity index is 2.37. The second kappa shape index (κ2) is 5.13. The normalized spacial score (nSPS) is 17.5. The number of allylic oxidation sites excluding steroid dienone is 1. The van der Waals surface area contributed by atoms with E-state index in [0.717, 1.165) is 25.3 Å². The number of ether oxygens (including phenoxy) is 1. The van der Waals surface area contributed by atoms with E-state index in [9.17, 15) is 26.7 Å². The molecule has 2 nitrogen and oxygen atoms in total. The topological polar surface area (TPSA) is 26.3 Å². The minimum atomic E-state index is -4.65. The van der Waals surface area contributed by atoms with Crippen LogP contribution in [0.2, 0.25) is 0 Å². The van der Waals surface area contributed by atoms with Gasteiger partial charge in [0.2, 0.25) is 5.83 Å². The molecule has 0 aliphatic heterocycles. The Morgan fingerprint density at radius 3 is 2.38 bits per heavy atom. The fourth-order valence-corrected chi connectivity index (χ4v) is 2.12. The number of methoxy groups -OCH3 is 1. The maximum absolute atomic E-state index is 13.9. The number of alkyl halides is 3. The van der Waals surface area contributed by atoms with Crippen molar-refractivity contribution in [3.63, 3.8) is 0 Å². The molecule has 2 rings (SSSR count). The van der Waals surface area contributed by atoms with Crippen LogP contribution in [0.15, 0.2) is 30.1 Å². The van der Waals surface area contributed by atoms with Gasteiger partial charge in [-0.1, -0.05) is 6.07 Å². The average molecular weight is 306 g/mol. The highest BCUT2D eigenvalue weighted by molar-refractivity contribution is 5.86. The number of hydrogen-bond acceptors (Lipinski definition) is 2. The molecule has 0 spiro atoms. The molecule has 0 saturated heterocycles. The second-order valence-electron chi connectivity index (χ2n) is 4.83. The summed E-state index contributed by atoms with van der Waals surface area (Å²) < 4.78 is 69.0. The van der Waals surface area contributed by atoms with E-state index < -0.39 is 34.8 Å². The molecular formula is C14H11F5O2. The van der Waals surface area contributed by atoms with Crippen LogP contribution < -0.4 is 0 Å². The van der Waals surface area contributed by atoms with Gasteiger partial charge in [0.1, 0.15) is 5.82 Å². The highest BCUT2D eigenvalue weighted by Gasteiger charge is 2.46. The van der Waals surface area contributed by atoms with Crippen LogP contribution in [0.3, 0.4) is 0 Å². The van der Waals surface area contributed by atoms with Gasteiger partial charge in [-0.25, -0.2) is 9.18 Å². The Hall–Kier alpha value is -1.92. The van der Waals surface area contributed by atoms with Gasteiger partial charge in [-0.2, -0.15) is 17.6 Å². The molecule has 0 aromatic heterocycles. The molecule has 1 aromatic rings. The zero-order valence-corrected chi connectivity index (χ0v) is 10.9. The molecule has 114 valence electrons. The lowest BCUT2D eigenvalue weighted by molar-refractivity contribution is -0.138. The Morgan fingerprint density at radius 1 is 1.33 bits per heavy atom. The summed E-state index contributed by atoms with van der Waals surface area (Å²) in [5.41, 5.74) is -2.25. The molecule has 0 unspecified atom stereocenters. The summed E-state index contributed by atoms with van der Waals surface area (Å²) in [5, 5.41) is 0. The van der Waals surface area contributed by atoms with Crippen molar-refractivity contribution in [2.24, 2.45) is 0 Å². The SMILES string of the molecule is COC(=O)C(F)=CC1(c2ccc(C(F)(F)F)cc2F)CC1. The first-order chi connectivity index (χ1) is 9.69. The van der Waals surface area contributed by atoms with E-state index in [2.05, 4.69) is 4.74 Å². The van der Waals surface area contributed by atoms with Crippen molar-refractivity contribution < 1.29 is 31.5 Å². The first-order valence-corrected chi connectivity index (χ1v) is 6.03. The van der Waals surface area contributed by atoms with Crippen LogP contribution in [0, 0.1) is 5.82 Å². The Kier molecular flexibility index (Phi) is 3.78. The summed E-state index contributed by atoms with van der Waals surface area (Å²) in [4.78, 5) is 11.0. The quantitative estimate of drug-likeness (QED) is 0.481. The number of benzene rings is 1. The van der Waals surface area contributed by atoms with Crippen LogP contribution in [0.5, 0.6) is 0 Å². The minimum absolute atomic E-state index is 0.0606. The van der Waals surface area contributed by atoms with Crippen LogP contribution in [0.4, 0.5) is 22.0 Å². The Bertz CT molecular complexity index is 600. The lowest BCUT2D eigenvalue weighted by Crippen LogP contribution is -2.12. The van der Waals surface area contributed by atoms with E-state index in [1.807, 2.05) is 0 Å². The lowest BCUT2D eigenvalue weighted by atomic mass is 9.93. The van der Waals surface area contributed by atoms with Crippen LogP contribution in [-0.4, -0.2) is 13.1 Å². The number of esters is 1. The van der Waals surface area contributed by atoms with Crippen LogP contribution in [-0.2, 0) is 21.1 Å². The van der Waals surface area contributed by atoms with Crippen LogP contribution in [0.1, 0.15) is 24.0 Å². The molecule has 1 fully saturated rings. The van der Waals surface area contributed by atoms with Gasteiger partial charge < -0.3 is 4.74 Å². The third kappa shape index (κ3) is 3.06. The first-order valence-electron chi connectivity index (χ1n) is 6.03. The largest absolute Gasteiger partial charge is 0.464 e. The number of carbonyl (C=O) groups excluding carboxylic acids is 1. The van der Waals surface area contributed by atoms with Crippen molar-refractivity contribution in [2.75, 3.05) is 7.11 Å². The number of rotatable bonds is 3. The number of hydrogen-bond donors (Lipinski definition) is 0. The molecule has 1 aromatic carbocycles. The summed E-state index contributed by atoms with van der Waals surface area (Å²) in [6, 6.07) is 2.09. The van der Waals surface area contributed by atoms with Gasteiger partial charge in [0, 0.05) is 5.41 Å². The summed E-state index contributed by atoms with van der Waals surface area (Å²) in [6.45, 7) is 0. The van der Waals surface area contributed by atoms with Crippen molar-refractivity contribution in [3.05, 3.63) is 47.0 Å². The molecule has 1 aliphatic rings. The summed E-state index contributed by atoms with van der Waals surface area (Å²) >= 11 is 0. The number of carbonyl (C=O) groups is 1. The molecule has 0 N–H and O–H groups in total. The van der Waals surface area contributed by atoms with E-state index >= 15 is 0 Å². The van der Waals surface area contributed by atoms with Gasteiger partial charge in [-0.15, -0.1) is 0 Å². The maximum Gasteiger partial charge on any atom is 0.416 e. The zero-order valence-electron chi connectivity index (χ0n) is 10.9. The fourth-order valence-electron chi connectivity index (χ4n) is 2.12. The van der Waals surface area contributed by atoms with Gasteiger partial charge in [-0.3, -0.25) is 0 Å². The molecule has 0 atom stereocenters. The summed E-state index contributed by atoms with van der Waals surface area (Å²) in [6.07, 6.45) is -3.05. The van der Waals surface area contributed by atoms with E-state index in [0.29, 0.717) is 18.9 Å². The average Bonchev–Trinajstić information content (AvgIpc) is 3.17. The molecule has 0 heterocycles. The number of halogens is 5. The standard InChI is InChI=1S/C14H11F5O2/c1-21-12(20)11(16)7-13(4-5-13)9-3-2-8(6-10(9)15)14(17,18)19/h2-3,6-7H,4-5H2,1H3. The minimum Gasteiger partial charge on any atom is -0.464 e. The Morgan fingerprint density at radius 2 is 1.95 bits per heavy atom. The molecular weight excluding hydrogens is 295 g/mol. The van der Waals surface area contributed by atoms with Crippen molar-refractivity contribution in [1.82, 2.24) is 0 Å². The first kappa shape index (κ1) is 15.5. The molecule has 1 saturated carbocycles. The molecule has 0 radical (unpaired) electrons. The van der Waals surface area contributed by atoms with Crippen molar-refractivity contribution in [1.29, 1.82) is 0 Å². The molecule has 0 bridgehead atoms. The van der Waals surface area contributed by atoms with E-state index in [4.69, 9.17) is 0 Å². The van der Waals surface area contributed by atoms with E-state index in [-0.39, 0.29) is 5.56 Å². The maximum atomic E-state index is 13.9. The van der Waals surface area contributed by atoms with Crippen molar-refractivity contribution in [2.45, 2.75) is 24.4 Å². The van der Waals surface area contributed by atoms with Crippen molar-refractivity contribution >= 4 is 5.97 Å². The monoisotopic (exact) mass is 306 g/mol. The van der Waals surface area contributed by atoms with Crippen LogP contribution in [0.25, 0.3) is 0 Å². The second-order valence-corrected chi connectivity index (χ2v) is 4.83. The summed E-state index contributed by atoms with van der Waals surface area (Å²) in [5.74, 6) is -3.46. The predicted molar refractivity (Wildman–Crippen MR) is 63.5 cm³/mol. The van der Waals surface area contributed by atoms with Crippen LogP contribution >= 0.6 is 0 Å². The Labute approximate surface area is 117 Å². The fraction of sp³-hybridized carbons (Fsp3) is 0.357. The van der Waals surface area contributed by atoms with Gasteiger partial charge >= 0.3 is 12.1 Å². The highest BCUT2D eigenvalue weighted by atomic mass is 19.4. The van der Waals surface area contributed by atoms with Crippen molar-refractivity contribution in [3.8, 4) is 0 Å². The van der Waals surface area contributed by atoms with Gasteiger partial charge in [0.05, 0.1) is 12.7 Å². The zero-order chi connectivity index (χ0) is 15.8. The van der Waals surface area contributed by atoms with Gasteiger partial charge in [0.15, 0.2) is 0 Å². The lowest BCUT2D eigenvalue weighted by Gasteiger charge is -2.14. The van der Waals surface area contributed by atoms with E-state index in [1.165, 1.54) is 0 Å². The molecule has 0 amide bonds. The van der Waals surface area contributed by atoms with E-state index in [1.54, 1.807) is 0 Å². The highest BCUT2D eigenvalue weighted by Crippen LogP contribution is 2.51. The molecule has 7 heteroatoms. The molecule has 21 heavy (non-hydrogen) atoms. The van der Waals surface area contributed by atoms with Gasteiger partial charge in [0.25, 0.3) is 0 Å². The molecule has 1 aliphatic carbocycles. The predicted octanol–water partition coefficient (Wildman–Crippen LogP) is 3.90. The van der Waals surface area contributed by atoms with Gasteiger partial charge in [-0.05, 0) is 36.6 Å². The smallest absolute Gasteiger partial charge is 0.416 e. The third-order valence-corrected chi connectivity index (χ3v) is 3.40. The summed E-state index contributed by atoms with van der Waals surface area (Å²) in [7, 11) is 0.994.